The summed E-state index contributed by atoms with van der Waals surface area (Å²) in [6.07, 6.45) is 0. The van der Waals surface area contributed by atoms with Crippen molar-refractivity contribution < 1.29 is 14.3 Å². The molecule has 3 nitrogen and oxygen atoms in total. The van der Waals surface area contributed by atoms with Gasteiger partial charge in [-0.05, 0) is 42.5 Å². The summed E-state index contributed by atoms with van der Waals surface area (Å²) in [5.74, 6) is 1.18. The minimum absolute atomic E-state index is 0.366. The van der Waals surface area contributed by atoms with E-state index >= 15 is 0 Å². The molecule has 0 aromatic heterocycles. The van der Waals surface area contributed by atoms with Gasteiger partial charge in [0.25, 0.3) is 0 Å². The second-order valence-electron chi connectivity index (χ2n) is 3.74. The first-order chi connectivity index (χ1) is 9.04. The Labute approximate surface area is 120 Å². The van der Waals surface area contributed by atoms with Crippen LogP contribution >= 0.6 is 23.2 Å². The van der Waals surface area contributed by atoms with Gasteiger partial charge in [-0.25, -0.2) is 0 Å². The molecule has 0 bridgehead atoms. The number of halogens is 2. The molecule has 2 rings (SSSR count). The van der Waals surface area contributed by atoms with E-state index in [4.69, 9.17) is 32.7 Å². The lowest BCUT2D eigenvalue weighted by molar-refractivity contribution is -0.131. The van der Waals surface area contributed by atoms with Crippen LogP contribution in [-0.4, -0.2) is 5.97 Å². The molecular formula is C14H10Cl2O3. The fourth-order valence-corrected chi connectivity index (χ4v) is 1.87. The van der Waals surface area contributed by atoms with Crippen molar-refractivity contribution in [2.24, 2.45) is 0 Å². The molecule has 0 aliphatic heterocycles. The van der Waals surface area contributed by atoms with Crippen molar-refractivity contribution >= 4 is 29.2 Å². The number of ether oxygens (including phenoxy) is 2. The van der Waals surface area contributed by atoms with Crippen LogP contribution in [0.15, 0.2) is 42.5 Å². The zero-order valence-corrected chi connectivity index (χ0v) is 11.5. The zero-order valence-electron chi connectivity index (χ0n) is 10.0. The topological polar surface area (TPSA) is 35.5 Å². The SMILES string of the molecule is CC(=O)Oc1ccc(Oc2ccc(Cl)cc2Cl)cc1. The highest BCUT2D eigenvalue weighted by Crippen LogP contribution is 2.32. The first-order valence-corrected chi connectivity index (χ1v) is 6.21. The average molecular weight is 297 g/mol. The van der Waals surface area contributed by atoms with Crippen LogP contribution in [0, 0.1) is 0 Å². The number of benzene rings is 2. The van der Waals surface area contributed by atoms with Gasteiger partial charge in [0.2, 0.25) is 0 Å². The molecule has 0 unspecified atom stereocenters. The Hall–Kier alpha value is -1.71. The van der Waals surface area contributed by atoms with Crippen LogP contribution in [0.4, 0.5) is 0 Å². The molecule has 0 spiro atoms. The maximum atomic E-state index is 10.8. The molecule has 98 valence electrons. The summed E-state index contributed by atoms with van der Waals surface area (Å²) in [4.78, 5) is 10.8. The number of hydrogen-bond acceptors (Lipinski definition) is 3. The Kier molecular flexibility index (Phi) is 4.30. The van der Waals surface area contributed by atoms with E-state index in [-0.39, 0.29) is 5.97 Å². The van der Waals surface area contributed by atoms with Crippen LogP contribution in [0.5, 0.6) is 17.2 Å². The van der Waals surface area contributed by atoms with Crippen molar-refractivity contribution in [2.45, 2.75) is 6.92 Å². The first-order valence-electron chi connectivity index (χ1n) is 5.46. The Morgan fingerprint density at radius 2 is 1.63 bits per heavy atom. The van der Waals surface area contributed by atoms with Crippen LogP contribution in [0.3, 0.4) is 0 Å². The quantitative estimate of drug-likeness (QED) is 0.608. The molecule has 0 N–H and O–H groups in total. The fraction of sp³-hybridized carbons (Fsp3) is 0.0714. The standard InChI is InChI=1S/C14H10Cl2O3/c1-9(17)18-11-3-5-12(6-4-11)19-14-7-2-10(15)8-13(14)16/h2-8H,1H3. The maximum Gasteiger partial charge on any atom is 0.308 e. The lowest BCUT2D eigenvalue weighted by Gasteiger charge is -2.08. The third-order valence-corrected chi connectivity index (χ3v) is 2.74. The summed E-state index contributed by atoms with van der Waals surface area (Å²) < 4.78 is 10.5. The van der Waals surface area contributed by atoms with Crippen molar-refractivity contribution in [3.8, 4) is 17.2 Å². The Morgan fingerprint density at radius 3 is 2.21 bits per heavy atom. The summed E-state index contributed by atoms with van der Waals surface area (Å²) in [6, 6.07) is 11.6. The number of esters is 1. The summed E-state index contributed by atoms with van der Waals surface area (Å²) in [5.41, 5.74) is 0. The molecule has 2 aromatic carbocycles. The van der Waals surface area contributed by atoms with Crippen LogP contribution in [-0.2, 0) is 4.79 Å². The van der Waals surface area contributed by atoms with Crippen molar-refractivity contribution in [3.05, 3.63) is 52.5 Å². The van der Waals surface area contributed by atoms with Gasteiger partial charge in [-0.1, -0.05) is 23.2 Å². The minimum Gasteiger partial charge on any atom is -0.456 e. The van der Waals surface area contributed by atoms with Gasteiger partial charge in [0.05, 0.1) is 5.02 Å². The van der Waals surface area contributed by atoms with Gasteiger partial charge in [0, 0.05) is 11.9 Å². The third-order valence-electron chi connectivity index (χ3n) is 2.21. The monoisotopic (exact) mass is 296 g/mol. The van der Waals surface area contributed by atoms with Crippen molar-refractivity contribution in [2.75, 3.05) is 0 Å². The lowest BCUT2D eigenvalue weighted by Crippen LogP contribution is -2.00. The number of rotatable bonds is 3. The van der Waals surface area contributed by atoms with Gasteiger partial charge in [-0.2, -0.15) is 0 Å². The number of carbonyl (C=O) groups excluding carboxylic acids is 1. The number of carbonyl (C=O) groups is 1. The Balaban J connectivity index is 2.13. The molecule has 19 heavy (non-hydrogen) atoms. The summed E-state index contributed by atoms with van der Waals surface area (Å²) in [6.45, 7) is 1.35. The van der Waals surface area contributed by atoms with Gasteiger partial charge in [0.1, 0.15) is 17.2 Å². The molecule has 0 aliphatic carbocycles. The van der Waals surface area contributed by atoms with Crippen molar-refractivity contribution in [1.82, 2.24) is 0 Å². The van der Waals surface area contributed by atoms with E-state index < -0.39 is 0 Å². The van der Waals surface area contributed by atoms with Gasteiger partial charge < -0.3 is 9.47 Å². The first kappa shape index (κ1) is 13.7. The van der Waals surface area contributed by atoms with Gasteiger partial charge in [0.15, 0.2) is 0 Å². The fourth-order valence-electron chi connectivity index (χ4n) is 1.43. The highest BCUT2D eigenvalue weighted by atomic mass is 35.5. The predicted octanol–water partition coefficient (Wildman–Crippen LogP) is 4.71. The predicted molar refractivity (Wildman–Crippen MR) is 74.3 cm³/mol. The van der Waals surface area contributed by atoms with E-state index in [1.165, 1.54) is 6.92 Å². The van der Waals surface area contributed by atoms with Crippen molar-refractivity contribution in [1.29, 1.82) is 0 Å². The van der Waals surface area contributed by atoms with E-state index in [0.717, 1.165) is 0 Å². The van der Waals surface area contributed by atoms with Gasteiger partial charge in [-0.15, -0.1) is 0 Å². The average Bonchev–Trinajstić information content (AvgIpc) is 2.34. The highest BCUT2D eigenvalue weighted by Gasteiger charge is 2.04. The Morgan fingerprint density at radius 1 is 1.00 bits per heavy atom. The molecule has 0 radical (unpaired) electrons. The third kappa shape index (κ3) is 3.88. The molecule has 0 aliphatic rings. The van der Waals surface area contributed by atoms with Crippen LogP contribution < -0.4 is 9.47 Å². The maximum absolute atomic E-state index is 10.8. The van der Waals surface area contributed by atoms with Gasteiger partial charge in [-0.3, -0.25) is 4.79 Å². The van der Waals surface area contributed by atoms with E-state index in [1.54, 1.807) is 42.5 Å². The molecule has 0 heterocycles. The molecule has 0 fully saturated rings. The lowest BCUT2D eigenvalue weighted by atomic mass is 10.3. The second kappa shape index (κ2) is 5.95. The van der Waals surface area contributed by atoms with E-state index in [2.05, 4.69) is 0 Å². The van der Waals surface area contributed by atoms with Crippen LogP contribution in [0.25, 0.3) is 0 Å². The molecule has 0 amide bonds. The van der Waals surface area contributed by atoms with Crippen LogP contribution in [0.2, 0.25) is 10.0 Å². The molecule has 0 atom stereocenters. The summed E-state index contributed by atoms with van der Waals surface area (Å²) >= 11 is 11.8. The minimum atomic E-state index is -0.366. The largest absolute Gasteiger partial charge is 0.456 e. The van der Waals surface area contributed by atoms with Crippen molar-refractivity contribution in [3.63, 3.8) is 0 Å². The zero-order chi connectivity index (χ0) is 13.8. The molecule has 2 aromatic rings. The molecule has 0 saturated heterocycles. The molecule has 5 heteroatoms. The second-order valence-corrected chi connectivity index (χ2v) is 4.59. The van der Waals surface area contributed by atoms with E-state index in [1.807, 2.05) is 0 Å². The highest BCUT2D eigenvalue weighted by molar-refractivity contribution is 6.35. The summed E-state index contributed by atoms with van der Waals surface area (Å²) in [7, 11) is 0. The number of hydrogen-bond donors (Lipinski definition) is 0. The molecular weight excluding hydrogens is 287 g/mol. The summed E-state index contributed by atoms with van der Waals surface area (Å²) in [5, 5.41) is 0.971. The van der Waals surface area contributed by atoms with E-state index in [9.17, 15) is 4.79 Å². The Bertz CT molecular complexity index is 594. The molecule has 0 saturated carbocycles. The van der Waals surface area contributed by atoms with E-state index in [0.29, 0.717) is 27.3 Å². The smallest absolute Gasteiger partial charge is 0.308 e. The normalized spacial score (nSPS) is 10.1. The van der Waals surface area contributed by atoms with Gasteiger partial charge >= 0.3 is 5.97 Å². The van der Waals surface area contributed by atoms with Crippen LogP contribution in [0.1, 0.15) is 6.92 Å².